The molecule has 1 heteroatoms. The molecule has 4 fully saturated rings. The SMILES string of the molecule is COC12[C@@H]3[C@H]4CCCC[C@H]4[C@H]1C[C@@H]32. The first-order valence-electron chi connectivity index (χ1n) is 5.94. The molecule has 0 aromatic rings. The van der Waals surface area contributed by atoms with Crippen molar-refractivity contribution in [1.82, 2.24) is 0 Å². The third-order valence-electron chi connectivity index (χ3n) is 5.72. The van der Waals surface area contributed by atoms with Gasteiger partial charge in [0.2, 0.25) is 0 Å². The summed E-state index contributed by atoms with van der Waals surface area (Å²) in [5, 5.41) is 0. The Morgan fingerprint density at radius 2 is 1.85 bits per heavy atom. The van der Waals surface area contributed by atoms with Crippen molar-refractivity contribution in [3.8, 4) is 0 Å². The second kappa shape index (κ2) is 1.98. The van der Waals surface area contributed by atoms with Crippen molar-refractivity contribution in [1.29, 1.82) is 0 Å². The Kier molecular flexibility index (Phi) is 1.11. The predicted octanol–water partition coefficient (Wildman–Crippen LogP) is 2.46. The maximum Gasteiger partial charge on any atom is 0.0776 e. The van der Waals surface area contributed by atoms with Gasteiger partial charge in [-0.2, -0.15) is 0 Å². The van der Waals surface area contributed by atoms with Crippen LogP contribution in [0.5, 0.6) is 0 Å². The molecule has 0 aromatic carbocycles. The highest BCUT2D eigenvalue weighted by molar-refractivity contribution is 5.33. The molecule has 0 aliphatic heterocycles. The van der Waals surface area contributed by atoms with Crippen LogP contribution in [0.25, 0.3) is 0 Å². The first-order valence-corrected chi connectivity index (χ1v) is 5.94. The summed E-state index contributed by atoms with van der Waals surface area (Å²) in [4.78, 5) is 0. The van der Waals surface area contributed by atoms with Crippen molar-refractivity contribution in [3.05, 3.63) is 0 Å². The number of fused-ring (bicyclic) bond motifs is 4. The maximum atomic E-state index is 5.83. The van der Waals surface area contributed by atoms with Gasteiger partial charge in [-0.3, -0.25) is 0 Å². The van der Waals surface area contributed by atoms with E-state index in [0.717, 1.165) is 29.6 Å². The molecule has 4 rings (SSSR count). The van der Waals surface area contributed by atoms with Gasteiger partial charge in [0.1, 0.15) is 0 Å². The number of hydrogen-bond donors (Lipinski definition) is 0. The largest absolute Gasteiger partial charge is 0.377 e. The summed E-state index contributed by atoms with van der Waals surface area (Å²) in [6.07, 6.45) is 7.54. The van der Waals surface area contributed by atoms with Crippen molar-refractivity contribution < 1.29 is 4.74 Å². The van der Waals surface area contributed by atoms with Gasteiger partial charge in [0.15, 0.2) is 0 Å². The van der Waals surface area contributed by atoms with E-state index >= 15 is 0 Å². The normalized spacial score (nSPS) is 66.7. The monoisotopic (exact) mass is 178 g/mol. The van der Waals surface area contributed by atoms with Gasteiger partial charge in [-0.05, 0) is 48.9 Å². The van der Waals surface area contributed by atoms with E-state index in [0.29, 0.717) is 5.60 Å². The first-order chi connectivity index (χ1) is 6.39. The zero-order valence-electron chi connectivity index (χ0n) is 8.33. The smallest absolute Gasteiger partial charge is 0.0776 e. The molecule has 0 amide bonds. The number of ether oxygens (including phenoxy) is 1. The van der Waals surface area contributed by atoms with Crippen LogP contribution in [0.4, 0.5) is 0 Å². The van der Waals surface area contributed by atoms with Crippen molar-refractivity contribution >= 4 is 0 Å². The Bertz CT molecular complexity index is 242. The summed E-state index contributed by atoms with van der Waals surface area (Å²) in [6, 6.07) is 0. The molecule has 4 aliphatic rings. The van der Waals surface area contributed by atoms with E-state index in [9.17, 15) is 0 Å². The second-order valence-corrected chi connectivity index (χ2v) is 5.64. The van der Waals surface area contributed by atoms with Gasteiger partial charge in [-0.15, -0.1) is 0 Å². The molecule has 0 aromatic heterocycles. The number of rotatable bonds is 1. The van der Waals surface area contributed by atoms with Crippen LogP contribution in [0, 0.1) is 29.6 Å². The van der Waals surface area contributed by atoms with Gasteiger partial charge < -0.3 is 4.74 Å². The molecular formula is C12H18O. The molecule has 0 bridgehead atoms. The third kappa shape index (κ3) is 0.562. The lowest BCUT2D eigenvalue weighted by atomic mass is 9.64. The van der Waals surface area contributed by atoms with Crippen LogP contribution in [-0.2, 0) is 4.74 Å². The van der Waals surface area contributed by atoms with Crippen LogP contribution >= 0.6 is 0 Å². The molecule has 0 spiro atoms. The topological polar surface area (TPSA) is 9.23 Å². The van der Waals surface area contributed by atoms with Crippen LogP contribution in [0.15, 0.2) is 0 Å². The molecule has 0 heterocycles. The lowest BCUT2D eigenvalue weighted by Gasteiger charge is -2.43. The summed E-state index contributed by atoms with van der Waals surface area (Å²) in [5.41, 5.74) is 0.444. The molecule has 72 valence electrons. The maximum absolute atomic E-state index is 5.83. The van der Waals surface area contributed by atoms with E-state index in [1.165, 1.54) is 32.1 Å². The zero-order chi connectivity index (χ0) is 8.63. The standard InChI is InChI=1S/C12H18O/c1-13-12-9-6-10(12)11(12)8-5-3-2-4-7(8)9/h7-11H,2-6H2,1H3/t7-,8+,9-,10+,11-,12?/m1/s1. The highest BCUT2D eigenvalue weighted by atomic mass is 16.5. The zero-order valence-corrected chi connectivity index (χ0v) is 8.33. The van der Waals surface area contributed by atoms with Gasteiger partial charge >= 0.3 is 0 Å². The van der Waals surface area contributed by atoms with Crippen molar-refractivity contribution in [2.45, 2.75) is 37.7 Å². The molecule has 1 nitrogen and oxygen atoms in total. The molecule has 0 N–H and O–H groups in total. The first kappa shape index (κ1) is 7.28. The summed E-state index contributed by atoms with van der Waals surface area (Å²) < 4.78 is 5.83. The lowest BCUT2D eigenvalue weighted by molar-refractivity contribution is -0.0573. The minimum atomic E-state index is 0.444. The minimum absolute atomic E-state index is 0.444. The van der Waals surface area contributed by atoms with E-state index in [-0.39, 0.29) is 0 Å². The van der Waals surface area contributed by atoms with Crippen LogP contribution in [0.3, 0.4) is 0 Å². The molecule has 4 aliphatic carbocycles. The molecular weight excluding hydrogens is 160 g/mol. The van der Waals surface area contributed by atoms with Gasteiger partial charge in [0.25, 0.3) is 0 Å². The Morgan fingerprint density at radius 3 is 2.54 bits per heavy atom. The molecule has 13 heavy (non-hydrogen) atoms. The fourth-order valence-electron chi connectivity index (χ4n) is 5.35. The highest BCUT2D eigenvalue weighted by Gasteiger charge is 2.84. The van der Waals surface area contributed by atoms with E-state index in [4.69, 9.17) is 4.74 Å². The summed E-state index contributed by atoms with van der Waals surface area (Å²) >= 11 is 0. The predicted molar refractivity (Wildman–Crippen MR) is 50.3 cm³/mol. The van der Waals surface area contributed by atoms with Crippen molar-refractivity contribution in [2.24, 2.45) is 29.6 Å². The van der Waals surface area contributed by atoms with E-state index < -0.39 is 0 Å². The summed E-state index contributed by atoms with van der Waals surface area (Å²) in [7, 11) is 1.95. The lowest BCUT2D eigenvalue weighted by Crippen LogP contribution is -2.41. The van der Waals surface area contributed by atoms with Crippen molar-refractivity contribution in [2.75, 3.05) is 7.11 Å². The van der Waals surface area contributed by atoms with E-state index in [1.807, 2.05) is 7.11 Å². The Labute approximate surface area is 79.8 Å². The average Bonchev–Trinajstić information content (AvgIpc) is 2.60. The van der Waals surface area contributed by atoms with Crippen molar-refractivity contribution in [3.63, 3.8) is 0 Å². The van der Waals surface area contributed by atoms with E-state index in [2.05, 4.69) is 0 Å². The number of methoxy groups -OCH3 is 1. The van der Waals surface area contributed by atoms with Crippen LogP contribution < -0.4 is 0 Å². The van der Waals surface area contributed by atoms with Gasteiger partial charge in [0, 0.05) is 7.11 Å². The van der Waals surface area contributed by atoms with E-state index in [1.54, 1.807) is 0 Å². The minimum Gasteiger partial charge on any atom is -0.377 e. The van der Waals surface area contributed by atoms with Gasteiger partial charge in [0.05, 0.1) is 5.60 Å². The quantitative estimate of drug-likeness (QED) is 0.599. The molecule has 6 atom stereocenters. The van der Waals surface area contributed by atoms with Crippen LogP contribution in [-0.4, -0.2) is 12.7 Å². The van der Waals surface area contributed by atoms with Gasteiger partial charge in [-0.25, -0.2) is 0 Å². The molecule has 4 saturated carbocycles. The van der Waals surface area contributed by atoms with Crippen LogP contribution in [0.1, 0.15) is 32.1 Å². The summed E-state index contributed by atoms with van der Waals surface area (Å²) in [6.45, 7) is 0. The average molecular weight is 178 g/mol. The second-order valence-electron chi connectivity index (χ2n) is 5.64. The van der Waals surface area contributed by atoms with Crippen LogP contribution in [0.2, 0.25) is 0 Å². The number of hydrogen-bond acceptors (Lipinski definition) is 1. The Morgan fingerprint density at radius 1 is 1.08 bits per heavy atom. The molecule has 1 unspecified atom stereocenters. The fourth-order valence-corrected chi connectivity index (χ4v) is 5.35. The Balaban J connectivity index is 1.71. The third-order valence-corrected chi connectivity index (χ3v) is 5.72. The Hall–Kier alpha value is -0.0400. The highest BCUT2D eigenvalue weighted by Crippen LogP contribution is 2.82. The molecule has 0 radical (unpaired) electrons. The van der Waals surface area contributed by atoms with Gasteiger partial charge in [-0.1, -0.05) is 12.8 Å². The summed E-state index contributed by atoms with van der Waals surface area (Å²) in [5.74, 6) is 5.15. The molecule has 0 saturated heterocycles. The fraction of sp³-hybridized carbons (Fsp3) is 1.00.